The second kappa shape index (κ2) is 8.35. The molecule has 2 atom stereocenters. The number of fused-ring (bicyclic) bond motifs is 1. The Balaban J connectivity index is 1.48. The van der Waals surface area contributed by atoms with Gasteiger partial charge in [-0.05, 0) is 56.1 Å². The van der Waals surface area contributed by atoms with Crippen molar-refractivity contribution in [3.8, 4) is 0 Å². The van der Waals surface area contributed by atoms with Crippen molar-refractivity contribution in [2.45, 2.75) is 31.1 Å². The molecule has 0 bridgehead atoms. The van der Waals surface area contributed by atoms with E-state index in [4.69, 9.17) is 0 Å². The molecule has 1 amide bonds. The van der Waals surface area contributed by atoms with Crippen LogP contribution in [0.3, 0.4) is 0 Å². The molecule has 1 aliphatic heterocycles. The van der Waals surface area contributed by atoms with Crippen LogP contribution in [0.25, 0.3) is 5.52 Å². The Hall–Kier alpha value is -2.85. The van der Waals surface area contributed by atoms with Gasteiger partial charge in [0, 0.05) is 24.8 Å². The van der Waals surface area contributed by atoms with Gasteiger partial charge in [0.05, 0.1) is 22.5 Å². The summed E-state index contributed by atoms with van der Waals surface area (Å²) in [6.45, 7) is 2.23. The second-order valence-electron chi connectivity index (χ2n) is 7.73. The number of benzene rings is 1. The largest absolute Gasteiger partial charge is 0.295 e. The first-order valence-electron chi connectivity index (χ1n) is 9.93. The van der Waals surface area contributed by atoms with Crippen LogP contribution in [0.5, 0.6) is 0 Å². The molecule has 164 valence electrons. The molecule has 31 heavy (non-hydrogen) atoms. The van der Waals surface area contributed by atoms with Crippen LogP contribution in [0, 0.1) is 11.6 Å². The normalized spacial score (nSPS) is 18.4. The summed E-state index contributed by atoms with van der Waals surface area (Å²) in [7, 11) is -3.99. The third kappa shape index (κ3) is 4.45. The first-order chi connectivity index (χ1) is 14.7. The molecule has 0 saturated carbocycles. The molecule has 0 spiro atoms. The van der Waals surface area contributed by atoms with Gasteiger partial charge in [0.15, 0.2) is 0 Å². The highest BCUT2D eigenvalue weighted by Crippen LogP contribution is 2.33. The molecular formula is C21H22F2N4O3S. The van der Waals surface area contributed by atoms with E-state index in [0.717, 1.165) is 12.5 Å². The number of carbonyl (C=O) groups excluding carboxylic acids is 1. The molecule has 1 saturated heterocycles. The van der Waals surface area contributed by atoms with Crippen molar-refractivity contribution in [2.24, 2.45) is 0 Å². The van der Waals surface area contributed by atoms with Gasteiger partial charge in [-0.15, -0.1) is 0 Å². The summed E-state index contributed by atoms with van der Waals surface area (Å²) >= 11 is 0. The zero-order valence-corrected chi connectivity index (χ0v) is 17.6. The van der Waals surface area contributed by atoms with Crippen LogP contribution in [-0.2, 0) is 10.0 Å². The fraction of sp³-hybridized carbons (Fsp3) is 0.333. The van der Waals surface area contributed by atoms with Gasteiger partial charge >= 0.3 is 0 Å². The minimum Gasteiger partial charge on any atom is -0.295 e. The number of nitrogens with zero attached hydrogens (tertiary/aromatic N) is 3. The minimum atomic E-state index is -3.99. The average Bonchev–Trinajstić information content (AvgIpc) is 3.33. The number of sulfonamides is 1. The summed E-state index contributed by atoms with van der Waals surface area (Å²) in [6, 6.07) is 8.23. The van der Waals surface area contributed by atoms with E-state index in [0.29, 0.717) is 24.0 Å². The van der Waals surface area contributed by atoms with E-state index in [9.17, 15) is 22.0 Å². The number of hydrogen-bond donors (Lipinski definition) is 1. The molecular weight excluding hydrogens is 426 g/mol. The Morgan fingerprint density at radius 2 is 2.00 bits per heavy atom. The molecule has 1 fully saturated rings. The Kier molecular flexibility index (Phi) is 5.76. The Morgan fingerprint density at radius 3 is 2.74 bits per heavy atom. The third-order valence-corrected chi connectivity index (χ3v) is 7.24. The van der Waals surface area contributed by atoms with Crippen molar-refractivity contribution in [2.75, 3.05) is 13.1 Å². The number of rotatable bonds is 6. The maximum Gasteiger partial charge on any atom is 0.268 e. The molecule has 7 nitrogen and oxygen atoms in total. The van der Waals surface area contributed by atoms with E-state index in [1.54, 1.807) is 24.4 Å². The Labute approximate surface area is 178 Å². The first kappa shape index (κ1) is 21.4. The van der Waals surface area contributed by atoms with Crippen LogP contribution in [0.4, 0.5) is 8.78 Å². The number of halogens is 2. The van der Waals surface area contributed by atoms with Crippen LogP contribution >= 0.6 is 0 Å². The number of aromatic nitrogens is 2. The van der Waals surface area contributed by atoms with E-state index in [-0.39, 0.29) is 18.2 Å². The van der Waals surface area contributed by atoms with E-state index in [1.807, 2.05) is 4.90 Å². The summed E-state index contributed by atoms with van der Waals surface area (Å²) in [4.78, 5) is 14.5. The van der Waals surface area contributed by atoms with Crippen LogP contribution in [0.2, 0.25) is 0 Å². The highest BCUT2D eigenvalue weighted by molar-refractivity contribution is 7.90. The number of likely N-dealkylation sites (tertiary alicyclic amines) is 1. The molecule has 3 heterocycles. The summed E-state index contributed by atoms with van der Waals surface area (Å²) in [5, 5.41) is 3.13. The highest BCUT2D eigenvalue weighted by atomic mass is 32.2. The topological polar surface area (TPSA) is 83.8 Å². The number of pyridine rings is 1. The lowest BCUT2D eigenvalue weighted by atomic mass is 10.0. The van der Waals surface area contributed by atoms with Gasteiger partial charge in [0.2, 0.25) is 10.0 Å². The molecule has 0 radical (unpaired) electrons. The van der Waals surface area contributed by atoms with Crippen molar-refractivity contribution < 1.29 is 22.0 Å². The molecule has 4 rings (SSSR count). The standard InChI is InChI=1S/C21H22F2N4O3S/c1-14(13-26-7-4-6-19(26)15-9-16(22)11-17(23)10-15)31(29,30)25-21(28)18-12-24-27-8-3-2-5-20(18)27/h2-3,5,8-12,14,19H,4,6-7,13H2,1H3,(H,25,28)/t14-,19-/m1/s1. The lowest BCUT2D eigenvalue weighted by Gasteiger charge is -2.27. The molecule has 1 aliphatic rings. The van der Waals surface area contributed by atoms with Crippen molar-refractivity contribution >= 4 is 21.4 Å². The first-order valence-corrected chi connectivity index (χ1v) is 11.5. The molecule has 10 heteroatoms. The van der Waals surface area contributed by atoms with Crippen LogP contribution in [-0.4, -0.2) is 47.2 Å². The van der Waals surface area contributed by atoms with E-state index >= 15 is 0 Å². The summed E-state index contributed by atoms with van der Waals surface area (Å²) in [5.41, 5.74) is 1.14. The predicted molar refractivity (Wildman–Crippen MR) is 111 cm³/mol. The minimum absolute atomic E-state index is 0.125. The Morgan fingerprint density at radius 1 is 1.26 bits per heavy atom. The smallest absolute Gasteiger partial charge is 0.268 e. The van der Waals surface area contributed by atoms with Crippen molar-refractivity contribution in [1.29, 1.82) is 0 Å². The summed E-state index contributed by atoms with van der Waals surface area (Å²) < 4.78 is 56.5. The lowest BCUT2D eigenvalue weighted by molar-refractivity contribution is 0.0982. The molecule has 1 N–H and O–H groups in total. The zero-order chi connectivity index (χ0) is 22.2. The number of amides is 1. The monoisotopic (exact) mass is 448 g/mol. The highest BCUT2D eigenvalue weighted by Gasteiger charge is 2.32. The average molecular weight is 448 g/mol. The second-order valence-corrected chi connectivity index (χ2v) is 9.83. The van der Waals surface area contributed by atoms with Crippen LogP contribution < -0.4 is 4.72 Å². The van der Waals surface area contributed by atoms with Gasteiger partial charge in [0.1, 0.15) is 11.6 Å². The Bertz CT molecular complexity index is 1210. The number of nitrogens with one attached hydrogen (secondary N) is 1. The molecule has 0 aliphatic carbocycles. The van der Waals surface area contributed by atoms with E-state index in [1.165, 1.54) is 29.8 Å². The molecule has 2 aromatic heterocycles. The quantitative estimate of drug-likeness (QED) is 0.627. The summed E-state index contributed by atoms with van der Waals surface area (Å²) in [6.07, 6.45) is 4.43. The van der Waals surface area contributed by atoms with Crippen LogP contribution in [0.1, 0.15) is 41.7 Å². The van der Waals surface area contributed by atoms with Gasteiger partial charge in [-0.3, -0.25) is 9.69 Å². The fourth-order valence-electron chi connectivity index (χ4n) is 4.01. The van der Waals surface area contributed by atoms with Crippen molar-refractivity contribution in [3.63, 3.8) is 0 Å². The van der Waals surface area contributed by atoms with Crippen molar-refractivity contribution in [1.82, 2.24) is 19.2 Å². The molecule has 0 unspecified atom stereocenters. The zero-order valence-electron chi connectivity index (χ0n) is 16.8. The number of hydrogen-bond acceptors (Lipinski definition) is 5. The fourth-order valence-corrected chi connectivity index (χ4v) is 4.97. The van der Waals surface area contributed by atoms with Gasteiger partial charge in [-0.2, -0.15) is 5.10 Å². The molecule has 1 aromatic carbocycles. The maximum absolute atomic E-state index is 13.6. The van der Waals surface area contributed by atoms with Crippen LogP contribution in [0.15, 0.2) is 48.8 Å². The molecule has 3 aromatic rings. The van der Waals surface area contributed by atoms with Crippen molar-refractivity contribution in [3.05, 3.63) is 71.6 Å². The van der Waals surface area contributed by atoms with E-state index in [2.05, 4.69) is 9.82 Å². The summed E-state index contributed by atoms with van der Waals surface area (Å²) in [5.74, 6) is -2.08. The van der Waals surface area contributed by atoms with Gasteiger partial charge in [-0.25, -0.2) is 26.4 Å². The van der Waals surface area contributed by atoms with Gasteiger partial charge < -0.3 is 0 Å². The predicted octanol–water partition coefficient (Wildman–Crippen LogP) is 2.90. The van der Waals surface area contributed by atoms with E-state index < -0.39 is 32.8 Å². The maximum atomic E-state index is 13.6. The van der Waals surface area contributed by atoms with Gasteiger partial charge in [-0.1, -0.05) is 6.07 Å². The third-order valence-electron chi connectivity index (χ3n) is 5.56. The SMILES string of the molecule is C[C@H](CN1CCC[C@@H]1c1cc(F)cc(F)c1)S(=O)(=O)NC(=O)c1cnn2ccccc12. The van der Waals surface area contributed by atoms with Gasteiger partial charge in [0.25, 0.3) is 5.91 Å². The number of carbonyl (C=O) groups is 1. The lowest BCUT2D eigenvalue weighted by Crippen LogP contribution is -2.43.